The van der Waals surface area contributed by atoms with Gasteiger partial charge in [0.15, 0.2) is 11.2 Å². The first-order valence-corrected chi connectivity index (χ1v) is 6.14. The number of aromatic nitrogens is 6. The average Bonchev–Trinajstić information content (AvgIpc) is 3.00. The van der Waals surface area contributed by atoms with E-state index in [1.807, 2.05) is 0 Å². The van der Waals surface area contributed by atoms with Crippen molar-refractivity contribution in [2.75, 3.05) is 0 Å². The Morgan fingerprint density at radius 2 is 2.00 bits per heavy atom. The molecule has 0 spiro atoms. The molecule has 0 radical (unpaired) electrons. The van der Waals surface area contributed by atoms with Crippen LogP contribution in [0.2, 0.25) is 0 Å². The van der Waals surface area contributed by atoms with Gasteiger partial charge in [-0.2, -0.15) is 10.1 Å². The Balaban J connectivity index is 2.39. The topological polar surface area (TPSA) is 90.5 Å². The van der Waals surface area contributed by atoms with Gasteiger partial charge in [0.25, 0.3) is 5.56 Å². The van der Waals surface area contributed by atoms with Gasteiger partial charge in [0.05, 0.1) is 10.7 Å². The van der Waals surface area contributed by atoms with Gasteiger partial charge in [0.2, 0.25) is 5.95 Å². The van der Waals surface area contributed by atoms with Crippen molar-refractivity contribution in [2.24, 2.45) is 14.1 Å². The minimum Gasteiger partial charge on any atom is -0.316 e. The lowest BCUT2D eigenvalue weighted by Crippen LogP contribution is -2.36. The molecule has 3 rings (SSSR count). The molecule has 0 aromatic carbocycles. The Morgan fingerprint density at radius 3 is 2.63 bits per heavy atom. The molecule has 9 heteroatoms. The first-order valence-electron chi connectivity index (χ1n) is 5.35. The Labute approximate surface area is 114 Å². The summed E-state index contributed by atoms with van der Waals surface area (Å²) in [5, 5.41) is 4.07. The van der Waals surface area contributed by atoms with E-state index in [4.69, 9.17) is 0 Å². The van der Waals surface area contributed by atoms with Gasteiger partial charge in [-0.05, 0) is 15.9 Å². The monoisotopic (exact) mass is 324 g/mol. The van der Waals surface area contributed by atoms with Crippen LogP contribution in [0.1, 0.15) is 0 Å². The molecule has 0 bridgehead atoms. The molecule has 0 aliphatic rings. The highest BCUT2D eigenvalue weighted by atomic mass is 79.9. The minimum atomic E-state index is -0.419. The standard InChI is InChI=1S/C10H9BrN6O2/c1-15-7-6(8(18)16(2)10(15)19)13-9(14-7)17-4-5(11)3-12-17/h3-4H,1-2H3,(H,13,14). The molecule has 8 nitrogen and oxygen atoms in total. The second kappa shape index (κ2) is 3.92. The second-order valence-corrected chi connectivity index (χ2v) is 4.98. The van der Waals surface area contributed by atoms with Gasteiger partial charge in [-0.3, -0.25) is 13.9 Å². The van der Waals surface area contributed by atoms with Crippen molar-refractivity contribution < 1.29 is 0 Å². The van der Waals surface area contributed by atoms with E-state index < -0.39 is 11.2 Å². The number of hydrogen-bond acceptors (Lipinski definition) is 4. The summed E-state index contributed by atoms with van der Waals surface area (Å²) in [6, 6.07) is 0. The van der Waals surface area contributed by atoms with E-state index in [0.29, 0.717) is 11.6 Å². The molecule has 1 N–H and O–H groups in total. The quantitative estimate of drug-likeness (QED) is 0.677. The van der Waals surface area contributed by atoms with Gasteiger partial charge in [0.1, 0.15) is 0 Å². The maximum Gasteiger partial charge on any atom is 0.332 e. The molecule has 0 saturated carbocycles. The summed E-state index contributed by atoms with van der Waals surface area (Å²) in [5.41, 5.74) is -0.263. The lowest BCUT2D eigenvalue weighted by Gasteiger charge is -2.00. The van der Waals surface area contributed by atoms with Crippen LogP contribution in [-0.4, -0.2) is 28.9 Å². The van der Waals surface area contributed by atoms with Gasteiger partial charge in [-0.25, -0.2) is 9.48 Å². The fourth-order valence-electron chi connectivity index (χ4n) is 1.84. The molecule has 0 saturated heterocycles. The van der Waals surface area contributed by atoms with E-state index in [9.17, 15) is 9.59 Å². The van der Waals surface area contributed by atoms with E-state index in [-0.39, 0.29) is 5.52 Å². The molecule has 0 atom stereocenters. The van der Waals surface area contributed by atoms with Crippen LogP contribution in [0, 0.1) is 0 Å². The molecule has 19 heavy (non-hydrogen) atoms. The lowest BCUT2D eigenvalue weighted by molar-refractivity contribution is 0.708. The van der Waals surface area contributed by atoms with Gasteiger partial charge >= 0.3 is 5.69 Å². The molecule has 3 heterocycles. The van der Waals surface area contributed by atoms with Crippen LogP contribution in [0.3, 0.4) is 0 Å². The molecular weight excluding hydrogens is 316 g/mol. The average molecular weight is 325 g/mol. The van der Waals surface area contributed by atoms with Crippen molar-refractivity contribution in [3.05, 3.63) is 37.7 Å². The van der Waals surface area contributed by atoms with E-state index in [1.165, 1.54) is 16.3 Å². The molecule has 0 fully saturated rings. The van der Waals surface area contributed by atoms with Crippen molar-refractivity contribution >= 4 is 27.1 Å². The molecule has 3 aromatic rings. The van der Waals surface area contributed by atoms with Gasteiger partial charge in [0, 0.05) is 20.3 Å². The third kappa shape index (κ3) is 1.65. The van der Waals surface area contributed by atoms with Gasteiger partial charge in [-0.15, -0.1) is 0 Å². The van der Waals surface area contributed by atoms with E-state index in [1.54, 1.807) is 19.4 Å². The predicted octanol–water partition coefficient (Wildman–Crippen LogP) is -0.0915. The fourth-order valence-corrected chi connectivity index (χ4v) is 2.12. The molecule has 98 valence electrons. The predicted molar refractivity (Wildman–Crippen MR) is 71.4 cm³/mol. The number of hydrogen-bond donors (Lipinski definition) is 1. The molecule has 3 aromatic heterocycles. The number of aryl methyl sites for hydroxylation is 1. The fraction of sp³-hybridized carbons (Fsp3) is 0.200. The maximum absolute atomic E-state index is 12.0. The normalized spacial score (nSPS) is 11.3. The van der Waals surface area contributed by atoms with Crippen molar-refractivity contribution in [1.82, 2.24) is 28.9 Å². The van der Waals surface area contributed by atoms with Gasteiger partial charge in [-0.1, -0.05) is 0 Å². The van der Waals surface area contributed by atoms with Crippen molar-refractivity contribution in [3.63, 3.8) is 0 Å². The van der Waals surface area contributed by atoms with Crippen LogP contribution in [0.4, 0.5) is 0 Å². The van der Waals surface area contributed by atoms with Crippen LogP contribution in [0.5, 0.6) is 0 Å². The number of rotatable bonds is 1. The smallest absolute Gasteiger partial charge is 0.316 e. The minimum absolute atomic E-state index is 0.270. The molecule has 0 unspecified atom stereocenters. The second-order valence-electron chi connectivity index (χ2n) is 4.07. The summed E-state index contributed by atoms with van der Waals surface area (Å²) < 4.78 is 4.61. The van der Waals surface area contributed by atoms with Crippen LogP contribution >= 0.6 is 15.9 Å². The highest BCUT2D eigenvalue weighted by molar-refractivity contribution is 9.10. The summed E-state index contributed by atoms with van der Waals surface area (Å²) in [6.45, 7) is 0. The zero-order chi connectivity index (χ0) is 13.7. The summed E-state index contributed by atoms with van der Waals surface area (Å²) in [5.74, 6) is 0.374. The lowest BCUT2D eigenvalue weighted by atomic mass is 10.5. The first-order chi connectivity index (χ1) is 8.99. The Bertz CT molecular complexity index is 899. The molecular formula is C10H9BrN6O2. The summed E-state index contributed by atoms with van der Waals surface area (Å²) in [4.78, 5) is 30.9. The highest BCUT2D eigenvalue weighted by Gasteiger charge is 2.14. The number of aromatic amines is 1. The van der Waals surface area contributed by atoms with Gasteiger partial charge < -0.3 is 4.98 Å². The largest absolute Gasteiger partial charge is 0.332 e. The van der Waals surface area contributed by atoms with Crippen LogP contribution in [-0.2, 0) is 14.1 Å². The van der Waals surface area contributed by atoms with Crippen LogP contribution in [0.25, 0.3) is 17.1 Å². The number of nitrogens with one attached hydrogen (secondary N) is 1. The number of halogens is 1. The Hall–Kier alpha value is -2.16. The van der Waals surface area contributed by atoms with Crippen molar-refractivity contribution in [3.8, 4) is 5.95 Å². The van der Waals surface area contributed by atoms with Crippen molar-refractivity contribution in [1.29, 1.82) is 0 Å². The third-order valence-electron chi connectivity index (χ3n) is 2.85. The Morgan fingerprint density at radius 1 is 1.26 bits per heavy atom. The zero-order valence-corrected chi connectivity index (χ0v) is 11.7. The van der Waals surface area contributed by atoms with Crippen LogP contribution in [0.15, 0.2) is 26.5 Å². The molecule has 0 aliphatic heterocycles. The highest BCUT2D eigenvalue weighted by Crippen LogP contribution is 2.12. The molecule has 0 amide bonds. The summed E-state index contributed by atoms with van der Waals surface area (Å²) in [6.07, 6.45) is 3.30. The van der Waals surface area contributed by atoms with E-state index in [0.717, 1.165) is 9.04 Å². The number of nitrogens with zero attached hydrogens (tertiary/aromatic N) is 5. The SMILES string of the molecule is Cn1c(=O)c2[nH]c(-n3cc(Br)cn3)nc2n(C)c1=O. The third-order valence-corrected chi connectivity index (χ3v) is 3.26. The van der Waals surface area contributed by atoms with Crippen molar-refractivity contribution in [2.45, 2.75) is 0 Å². The zero-order valence-electron chi connectivity index (χ0n) is 10.1. The number of imidazole rings is 1. The first kappa shape index (κ1) is 11.9. The summed E-state index contributed by atoms with van der Waals surface area (Å²) >= 11 is 3.28. The summed E-state index contributed by atoms with van der Waals surface area (Å²) in [7, 11) is 2.99. The van der Waals surface area contributed by atoms with Crippen LogP contribution < -0.4 is 11.2 Å². The van der Waals surface area contributed by atoms with E-state index in [2.05, 4.69) is 31.0 Å². The van der Waals surface area contributed by atoms with E-state index >= 15 is 0 Å². The maximum atomic E-state index is 12.0. The molecule has 0 aliphatic carbocycles. The number of fused-ring (bicyclic) bond motifs is 1. The Kier molecular flexibility index (Phi) is 2.45. The number of H-pyrrole nitrogens is 1.